The topological polar surface area (TPSA) is 157 Å². The molecule has 0 spiro atoms. The lowest BCUT2D eigenvalue weighted by Crippen LogP contribution is -2.62. The lowest BCUT2D eigenvalue weighted by molar-refractivity contribution is -0.338. The van der Waals surface area contributed by atoms with Crippen molar-refractivity contribution >= 4 is 0 Å². The molecule has 3 aromatic carbocycles. The van der Waals surface area contributed by atoms with Crippen molar-refractivity contribution in [2.24, 2.45) is 0 Å². The van der Waals surface area contributed by atoms with Gasteiger partial charge in [0.2, 0.25) is 0 Å². The van der Waals surface area contributed by atoms with Crippen LogP contribution in [0.5, 0.6) is 0 Å². The smallest absolute Gasteiger partial charge is 0.186 e. The maximum Gasteiger partial charge on any atom is 0.186 e. The highest BCUT2D eigenvalue weighted by molar-refractivity contribution is 5.15. The van der Waals surface area contributed by atoms with E-state index in [0.717, 1.165) is 16.7 Å². The summed E-state index contributed by atoms with van der Waals surface area (Å²) < 4.78 is 36.4. The Bertz CT molecular complexity index is 1230. The van der Waals surface area contributed by atoms with Crippen LogP contribution in [0.3, 0.4) is 0 Å². The van der Waals surface area contributed by atoms with Crippen molar-refractivity contribution in [1.29, 1.82) is 0 Å². The Morgan fingerprint density at radius 1 is 0.500 bits per heavy atom. The van der Waals surface area contributed by atoms with E-state index >= 15 is 0 Å². The minimum absolute atomic E-state index is 0.189. The number of hydrogen-bond donors (Lipinski definition) is 5. The minimum atomic E-state index is -1.60. The van der Waals surface area contributed by atoms with Crippen LogP contribution in [0.25, 0.3) is 0 Å². The zero-order valence-corrected chi connectivity index (χ0v) is 24.2. The van der Waals surface area contributed by atoms with Crippen LogP contribution in [0.4, 0.5) is 0 Å². The number of aliphatic hydroxyl groups excluding tert-OH is 5. The van der Waals surface area contributed by atoms with Crippen molar-refractivity contribution in [1.82, 2.24) is 0 Å². The second kappa shape index (κ2) is 16.0. The molecule has 3 aromatic rings. The average molecular weight is 613 g/mol. The number of ether oxygens (including phenoxy) is 6. The SMILES string of the molecule is OC[C@H]1O[C@H](OC[C@H]2O[C@H](O)[C@H](OCc3ccccc3)[C@@H](OCc3ccccc3)[C@@H]2OCc2ccccc2)[C@@H](O)[C@@H](O)[C@@H]1O. The van der Waals surface area contributed by atoms with Gasteiger partial charge < -0.3 is 54.0 Å². The van der Waals surface area contributed by atoms with Gasteiger partial charge in [-0.05, 0) is 16.7 Å². The minimum Gasteiger partial charge on any atom is -0.394 e. The normalized spacial score (nSPS) is 32.4. The summed E-state index contributed by atoms with van der Waals surface area (Å²) >= 11 is 0. The quantitative estimate of drug-likeness (QED) is 0.190. The highest BCUT2D eigenvalue weighted by Crippen LogP contribution is 2.31. The average Bonchev–Trinajstić information content (AvgIpc) is 3.06. The first kappa shape index (κ1) is 32.6. The summed E-state index contributed by atoms with van der Waals surface area (Å²) in [6.07, 6.45) is -12.2. The maximum absolute atomic E-state index is 11.2. The molecule has 238 valence electrons. The highest BCUT2D eigenvalue weighted by Gasteiger charge is 2.49. The molecule has 0 unspecified atom stereocenters. The van der Waals surface area contributed by atoms with Crippen molar-refractivity contribution in [3.8, 4) is 0 Å². The molecule has 11 nitrogen and oxygen atoms in total. The molecular weight excluding hydrogens is 572 g/mol. The van der Waals surface area contributed by atoms with Gasteiger partial charge in [0.15, 0.2) is 12.6 Å². The second-order valence-corrected chi connectivity index (χ2v) is 10.9. The summed E-state index contributed by atoms with van der Waals surface area (Å²) in [5.74, 6) is 0. The van der Waals surface area contributed by atoms with Crippen molar-refractivity contribution < 1.29 is 54.0 Å². The van der Waals surface area contributed by atoms with Crippen LogP contribution in [-0.4, -0.2) is 100 Å². The molecule has 2 heterocycles. The van der Waals surface area contributed by atoms with Gasteiger partial charge in [-0.2, -0.15) is 0 Å². The van der Waals surface area contributed by atoms with E-state index in [1.807, 2.05) is 91.0 Å². The van der Waals surface area contributed by atoms with Gasteiger partial charge in [-0.3, -0.25) is 0 Å². The molecule has 2 aliphatic rings. The van der Waals surface area contributed by atoms with Crippen LogP contribution in [0.1, 0.15) is 16.7 Å². The summed E-state index contributed by atoms with van der Waals surface area (Å²) in [5, 5.41) is 51.6. The fraction of sp³-hybridized carbons (Fsp3) is 0.455. The van der Waals surface area contributed by atoms with Gasteiger partial charge in [0.05, 0.1) is 33.0 Å². The molecule has 0 radical (unpaired) electrons. The van der Waals surface area contributed by atoms with Gasteiger partial charge >= 0.3 is 0 Å². The molecule has 5 rings (SSSR count). The van der Waals surface area contributed by atoms with E-state index in [1.165, 1.54) is 0 Å². The zero-order chi connectivity index (χ0) is 30.9. The van der Waals surface area contributed by atoms with Crippen molar-refractivity contribution in [3.05, 3.63) is 108 Å². The molecule has 11 heteroatoms. The molecule has 2 saturated heterocycles. The summed E-state index contributed by atoms with van der Waals surface area (Å²) in [4.78, 5) is 0. The molecule has 2 fully saturated rings. The number of benzene rings is 3. The van der Waals surface area contributed by atoms with E-state index in [9.17, 15) is 25.5 Å². The standard InChI is InChI=1S/C33H40O11/c34-16-24-26(35)27(36)28(37)33(44-24)42-20-25-29(39-17-21-10-4-1-5-11-21)30(40-18-22-12-6-2-7-13-22)31(32(38)43-25)41-19-23-14-8-3-9-15-23/h1-15,24-38H,16-20H2/t24-,25-,26-,27+,28+,29-,30+,31-,32+,33+/m1/s1. The Balaban J connectivity index is 1.38. The monoisotopic (exact) mass is 612 g/mol. The van der Waals surface area contributed by atoms with Crippen LogP contribution in [0.15, 0.2) is 91.0 Å². The van der Waals surface area contributed by atoms with Crippen molar-refractivity contribution in [2.45, 2.75) is 81.2 Å². The van der Waals surface area contributed by atoms with E-state index < -0.39 is 68.0 Å². The predicted molar refractivity (Wildman–Crippen MR) is 156 cm³/mol. The Morgan fingerprint density at radius 3 is 1.48 bits per heavy atom. The molecule has 0 bridgehead atoms. The van der Waals surface area contributed by atoms with Crippen LogP contribution < -0.4 is 0 Å². The largest absolute Gasteiger partial charge is 0.394 e. The van der Waals surface area contributed by atoms with Crippen LogP contribution in [0.2, 0.25) is 0 Å². The van der Waals surface area contributed by atoms with E-state index in [-0.39, 0.29) is 26.4 Å². The Morgan fingerprint density at radius 2 is 0.977 bits per heavy atom. The third-order valence-corrected chi connectivity index (χ3v) is 7.74. The van der Waals surface area contributed by atoms with Gasteiger partial charge in [-0.15, -0.1) is 0 Å². The van der Waals surface area contributed by atoms with Gasteiger partial charge in [-0.25, -0.2) is 0 Å². The summed E-state index contributed by atoms with van der Waals surface area (Å²) in [6, 6.07) is 28.6. The molecule has 44 heavy (non-hydrogen) atoms. The first-order chi connectivity index (χ1) is 21.4. The number of aliphatic hydroxyl groups is 5. The molecular formula is C33H40O11. The van der Waals surface area contributed by atoms with Crippen molar-refractivity contribution in [2.75, 3.05) is 13.2 Å². The fourth-order valence-corrected chi connectivity index (χ4v) is 5.29. The molecule has 0 amide bonds. The second-order valence-electron chi connectivity index (χ2n) is 10.9. The molecule has 0 aliphatic carbocycles. The maximum atomic E-state index is 11.2. The number of hydrogen-bond acceptors (Lipinski definition) is 11. The zero-order valence-electron chi connectivity index (χ0n) is 24.2. The van der Waals surface area contributed by atoms with Crippen molar-refractivity contribution in [3.63, 3.8) is 0 Å². The van der Waals surface area contributed by atoms with E-state index in [1.54, 1.807) is 0 Å². The molecule has 0 saturated carbocycles. The summed E-state index contributed by atoms with van der Waals surface area (Å²) in [6.45, 7) is -0.264. The first-order valence-electron chi connectivity index (χ1n) is 14.7. The van der Waals surface area contributed by atoms with Crippen LogP contribution >= 0.6 is 0 Å². The first-order valence-corrected chi connectivity index (χ1v) is 14.7. The molecule has 2 aliphatic heterocycles. The highest BCUT2D eigenvalue weighted by atomic mass is 16.7. The van der Waals surface area contributed by atoms with Gasteiger partial charge in [0, 0.05) is 0 Å². The molecule has 10 atom stereocenters. The lowest BCUT2D eigenvalue weighted by Gasteiger charge is -2.45. The van der Waals surface area contributed by atoms with E-state index in [4.69, 9.17) is 28.4 Å². The Hall–Kier alpha value is -2.78. The Kier molecular flexibility index (Phi) is 11.8. The van der Waals surface area contributed by atoms with Gasteiger partial charge in [0.1, 0.15) is 48.8 Å². The van der Waals surface area contributed by atoms with Gasteiger partial charge in [-0.1, -0.05) is 91.0 Å². The van der Waals surface area contributed by atoms with E-state index in [2.05, 4.69) is 0 Å². The van der Waals surface area contributed by atoms with E-state index in [0.29, 0.717) is 0 Å². The lowest BCUT2D eigenvalue weighted by atomic mass is 9.97. The third kappa shape index (κ3) is 8.27. The third-order valence-electron chi connectivity index (χ3n) is 7.74. The Labute approximate surface area is 256 Å². The van der Waals surface area contributed by atoms with Gasteiger partial charge in [0.25, 0.3) is 0 Å². The fourth-order valence-electron chi connectivity index (χ4n) is 5.29. The number of rotatable bonds is 13. The molecule has 0 aromatic heterocycles. The van der Waals surface area contributed by atoms with Crippen LogP contribution in [0, 0.1) is 0 Å². The summed E-state index contributed by atoms with van der Waals surface area (Å²) in [7, 11) is 0. The molecule has 5 N–H and O–H groups in total. The predicted octanol–water partition coefficient (Wildman–Crippen LogP) is 1.28. The summed E-state index contributed by atoms with van der Waals surface area (Å²) in [5.41, 5.74) is 2.71. The van der Waals surface area contributed by atoms with Crippen LogP contribution in [-0.2, 0) is 48.2 Å².